The maximum atomic E-state index is 13.9. The Hall–Kier alpha value is -4.94. The van der Waals surface area contributed by atoms with Gasteiger partial charge in [0.05, 0.1) is 42.3 Å². The van der Waals surface area contributed by atoms with Crippen molar-refractivity contribution in [2.75, 3.05) is 31.5 Å². The molecular weight excluding hydrogens is 469 g/mol. The first-order valence-corrected chi connectivity index (χ1v) is 9.75. The number of nitrogens with one attached hydrogen (secondary N) is 2. The van der Waals surface area contributed by atoms with Gasteiger partial charge in [-0.2, -0.15) is 0 Å². The maximum absolute atomic E-state index is 13.9. The highest BCUT2D eigenvalue weighted by Gasteiger charge is 2.22. The van der Waals surface area contributed by atoms with Crippen molar-refractivity contribution in [2.45, 2.75) is 0 Å². The zero-order valence-corrected chi connectivity index (χ0v) is 18.3. The van der Waals surface area contributed by atoms with Gasteiger partial charge in [0.15, 0.2) is 23.9 Å². The fourth-order valence-corrected chi connectivity index (χ4v) is 2.86. The molecule has 0 spiro atoms. The van der Waals surface area contributed by atoms with Crippen molar-refractivity contribution < 1.29 is 42.3 Å². The minimum Gasteiger partial charge on any atom is -0.493 e. The third-order valence-electron chi connectivity index (χ3n) is 4.51. The standard InChI is InChI=1S/C22H18FN3O9/c1-32-18-9-13(15(10-19(18)33-2)25-21(28)17-4-3-7-34-17)22(29)35-11-20(27)24-16-8-12(26(30)31)5-6-14(16)23/h3-10H,11H2,1-2H3,(H,24,27)(H,25,28). The van der Waals surface area contributed by atoms with Crippen LogP contribution in [0.2, 0.25) is 0 Å². The molecule has 0 aliphatic carbocycles. The molecule has 2 N–H and O–H groups in total. The number of anilines is 2. The van der Waals surface area contributed by atoms with Crippen molar-refractivity contribution in [3.8, 4) is 11.5 Å². The summed E-state index contributed by atoms with van der Waals surface area (Å²) in [7, 11) is 2.68. The summed E-state index contributed by atoms with van der Waals surface area (Å²) in [5.41, 5.74) is -1.12. The molecular formula is C22H18FN3O9. The first kappa shape index (κ1) is 24.7. The van der Waals surface area contributed by atoms with Crippen LogP contribution in [0, 0.1) is 15.9 Å². The van der Waals surface area contributed by atoms with E-state index in [1.165, 1.54) is 44.7 Å². The van der Waals surface area contributed by atoms with Crippen LogP contribution in [0.3, 0.4) is 0 Å². The van der Waals surface area contributed by atoms with Crippen LogP contribution in [0.4, 0.5) is 21.5 Å². The Morgan fingerprint density at radius 1 is 1.03 bits per heavy atom. The first-order valence-electron chi connectivity index (χ1n) is 9.75. The number of hydrogen-bond donors (Lipinski definition) is 2. The molecule has 0 bridgehead atoms. The van der Waals surface area contributed by atoms with Crippen molar-refractivity contribution in [1.82, 2.24) is 0 Å². The van der Waals surface area contributed by atoms with Gasteiger partial charge in [-0.15, -0.1) is 0 Å². The largest absolute Gasteiger partial charge is 0.493 e. The number of nitro groups is 1. The second-order valence-electron chi connectivity index (χ2n) is 6.73. The summed E-state index contributed by atoms with van der Waals surface area (Å²) < 4.78 is 34.3. The summed E-state index contributed by atoms with van der Waals surface area (Å²) >= 11 is 0. The summed E-state index contributed by atoms with van der Waals surface area (Å²) in [6.45, 7) is -0.860. The van der Waals surface area contributed by atoms with Gasteiger partial charge in [0, 0.05) is 24.3 Å². The molecule has 12 nitrogen and oxygen atoms in total. The van der Waals surface area contributed by atoms with Crippen LogP contribution in [-0.4, -0.2) is 43.5 Å². The summed E-state index contributed by atoms with van der Waals surface area (Å²) in [6, 6.07) is 8.03. The van der Waals surface area contributed by atoms with Gasteiger partial charge in [-0.1, -0.05) is 0 Å². The Kier molecular flexibility index (Phi) is 7.61. The van der Waals surface area contributed by atoms with Crippen molar-refractivity contribution >= 4 is 34.8 Å². The Morgan fingerprint density at radius 3 is 2.37 bits per heavy atom. The SMILES string of the molecule is COc1cc(NC(=O)c2ccco2)c(C(=O)OCC(=O)Nc2cc([N+](=O)[O-])ccc2F)cc1OC. The lowest BCUT2D eigenvalue weighted by molar-refractivity contribution is -0.384. The molecule has 2 aromatic carbocycles. The highest BCUT2D eigenvalue weighted by atomic mass is 19.1. The summed E-state index contributed by atoms with van der Waals surface area (Å²) in [4.78, 5) is 47.4. The summed E-state index contributed by atoms with van der Waals surface area (Å²) in [5.74, 6) is -3.28. The molecule has 0 saturated heterocycles. The lowest BCUT2D eigenvalue weighted by Gasteiger charge is -2.15. The number of benzene rings is 2. The molecule has 13 heteroatoms. The van der Waals surface area contributed by atoms with Gasteiger partial charge < -0.3 is 29.3 Å². The molecule has 1 heterocycles. The minimum atomic E-state index is -1.03. The molecule has 0 aliphatic rings. The number of nitrogens with zero attached hydrogens (tertiary/aromatic N) is 1. The molecule has 182 valence electrons. The van der Waals surface area contributed by atoms with Crippen molar-refractivity contribution in [1.29, 1.82) is 0 Å². The number of halogens is 1. The van der Waals surface area contributed by atoms with E-state index in [0.29, 0.717) is 0 Å². The van der Waals surface area contributed by atoms with E-state index in [-0.39, 0.29) is 28.5 Å². The number of esters is 1. The average Bonchev–Trinajstić information content (AvgIpc) is 3.38. The van der Waals surface area contributed by atoms with E-state index in [1.54, 1.807) is 0 Å². The average molecular weight is 487 g/mol. The van der Waals surface area contributed by atoms with Gasteiger partial charge in [-0.05, 0) is 18.2 Å². The van der Waals surface area contributed by atoms with Crippen molar-refractivity contribution in [3.63, 3.8) is 0 Å². The van der Waals surface area contributed by atoms with E-state index in [2.05, 4.69) is 10.6 Å². The van der Waals surface area contributed by atoms with E-state index in [0.717, 1.165) is 18.2 Å². The Labute approximate surface area is 196 Å². The van der Waals surface area contributed by atoms with Gasteiger partial charge in [0.2, 0.25) is 0 Å². The van der Waals surface area contributed by atoms with Gasteiger partial charge in [0.1, 0.15) is 5.82 Å². The highest BCUT2D eigenvalue weighted by Crippen LogP contribution is 2.34. The molecule has 3 rings (SSSR count). The zero-order chi connectivity index (χ0) is 25.5. The van der Waals surface area contributed by atoms with E-state index >= 15 is 0 Å². The Balaban J connectivity index is 1.77. The number of furan rings is 1. The molecule has 0 fully saturated rings. The second kappa shape index (κ2) is 10.8. The Bertz CT molecular complexity index is 1280. The number of methoxy groups -OCH3 is 2. The summed E-state index contributed by atoms with van der Waals surface area (Å²) in [5, 5.41) is 15.4. The van der Waals surface area contributed by atoms with Gasteiger partial charge in [0.25, 0.3) is 17.5 Å². The van der Waals surface area contributed by atoms with Gasteiger partial charge >= 0.3 is 5.97 Å². The number of rotatable bonds is 9. The number of ether oxygens (including phenoxy) is 3. The Morgan fingerprint density at radius 2 is 1.74 bits per heavy atom. The monoisotopic (exact) mass is 487 g/mol. The molecule has 0 unspecified atom stereocenters. The molecule has 35 heavy (non-hydrogen) atoms. The number of carbonyl (C=O) groups excluding carboxylic acids is 3. The van der Waals surface area contributed by atoms with Crippen LogP contribution in [0.15, 0.2) is 53.1 Å². The third kappa shape index (κ3) is 5.90. The highest BCUT2D eigenvalue weighted by molar-refractivity contribution is 6.07. The zero-order valence-electron chi connectivity index (χ0n) is 18.3. The summed E-state index contributed by atoms with van der Waals surface area (Å²) in [6.07, 6.45) is 1.29. The fourth-order valence-electron chi connectivity index (χ4n) is 2.86. The predicted molar refractivity (Wildman–Crippen MR) is 118 cm³/mol. The minimum absolute atomic E-state index is 0.0285. The van der Waals surface area contributed by atoms with E-state index in [1.807, 2.05) is 0 Å². The molecule has 0 aliphatic heterocycles. The lowest BCUT2D eigenvalue weighted by atomic mass is 10.1. The predicted octanol–water partition coefficient (Wildman–Crippen LogP) is 3.39. The molecule has 2 amide bonds. The normalized spacial score (nSPS) is 10.3. The van der Waals surface area contributed by atoms with E-state index < -0.39 is 46.5 Å². The van der Waals surface area contributed by atoms with Crippen LogP contribution in [-0.2, 0) is 9.53 Å². The van der Waals surface area contributed by atoms with Crippen molar-refractivity contribution in [2.24, 2.45) is 0 Å². The van der Waals surface area contributed by atoms with Crippen LogP contribution in [0.1, 0.15) is 20.9 Å². The fraction of sp³-hybridized carbons (Fsp3) is 0.136. The number of non-ortho nitro benzene ring substituents is 1. The third-order valence-corrected chi connectivity index (χ3v) is 4.51. The molecule has 0 atom stereocenters. The quantitative estimate of drug-likeness (QED) is 0.262. The molecule has 1 aromatic heterocycles. The van der Waals surface area contributed by atoms with Gasteiger partial charge in [-0.25, -0.2) is 9.18 Å². The van der Waals surface area contributed by atoms with Crippen LogP contribution >= 0.6 is 0 Å². The van der Waals surface area contributed by atoms with Crippen LogP contribution < -0.4 is 20.1 Å². The number of nitro benzene ring substituents is 1. The lowest BCUT2D eigenvalue weighted by Crippen LogP contribution is -2.22. The van der Waals surface area contributed by atoms with Crippen LogP contribution in [0.5, 0.6) is 11.5 Å². The topological polar surface area (TPSA) is 159 Å². The molecule has 3 aromatic rings. The van der Waals surface area contributed by atoms with Gasteiger partial charge in [-0.3, -0.25) is 19.7 Å². The van der Waals surface area contributed by atoms with Crippen molar-refractivity contribution in [3.05, 3.63) is 76.0 Å². The maximum Gasteiger partial charge on any atom is 0.340 e. The number of hydrogen-bond acceptors (Lipinski definition) is 9. The number of carbonyl (C=O) groups is 3. The number of amides is 2. The second-order valence-corrected chi connectivity index (χ2v) is 6.73. The molecule has 0 radical (unpaired) electrons. The van der Waals surface area contributed by atoms with Crippen LogP contribution in [0.25, 0.3) is 0 Å². The first-order chi connectivity index (χ1) is 16.7. The van der Waals surface area contributed by atoms with E-state index in [4.69, 9.17) is 18.6 Å². The van der Waals surface area contributed by atoms with E-state index in [9.17, 15) is 28.9 Å². The smallest absolute Gasteiger partial charge is 0.340 e. The molecule has 0 saturated carbocycles.